The molecule has 1 rings (SSSR count). The van der Waals surface area contributed by atoms with Crippen LogP contribution in [-0.2, 0) is 6.54 Å². The summed E-state index contributed by atoms with van der Waals surface area (Å²) in [5.41, 5.74) is 1.34. The molecule has 1 nitrogen and oxygen atoms in total. The Morgan fingerprint density at radius 1 is 0.882 bits per heavy atom. The van der Waals surface area contributed by atoms with Gasteiger partial charge in [-0.1, -0.05) is 39.0 Å². The fourth-order valence-electron chi connectivity index (χ4n) is 1.93. The van der Waals surface area contributed by atoms with Crippen LogP contribution in [0.4, 0.5) is 0 Å². The van der Waals surface area contributed by atoms with Crippen LogP contribution < -0.4 is 9.27 Å². The monoisotopic (exact) mass is 239 g/mol. The van der Waals surface area contributed by atoms with E-state index < -0.39 is 0 Å². The molecule has 0 saturated heterocycles. The Hall–Kier alpha value is -0.920. The summed E-state index contributed by atoms with van der Waals surface area (Å²) in [6.07, 6.45) is 14.1. The van der Waals surface area contributed by atoms with Gasteiger partial charge in [0.25, 0.3) is 0 Å². The van der Waals surface area contributed by atoms with Crippen molar-refractivity contribution >= 4 is 0 Å². The zero-order chi connectivity index (χ0) is 11.6. The lowest BCUT2D eigenvalue weighted by Gasteiger charge is -1.99. The van der Waals surface area contributed by atoms with E-state index in [4.69, 9.17) is 0 Å². The number of nitrogens with zero attached hydrogens (tertiary/aromatic N) is 1. The minimum Gasteiger partial charge on any atom is -1.00 e. The van der Waals surface area contributed by atoms with Crippen molar-refractivity contribution in [3.8, 4) is 0 Å². The Kier molecular flexibility index (Phi) is 9.69. The van der Waals surface area contributed by atoms with E-state index in [1.165, 1.54) is 57.1 Å². The molecule has 98 valence electrons. The average molecular weight is 239 g/mol. The summed E-state index contributed by atoms with van der Waals surface area (Å²) in [5.74, 6) is 0. The number of halogens is 1. The van der Waals surface area contributed by atoms with E-state index in [-0.39, 0.29) is 4.70 Å². The van der Waals surface area contributed by atoms with Gasteiger partial charge in [-0.15, -0.1) is 0 Å². The third-order valence-corrected chi connectivity index (χ3v) is 3.08. The number of hydrogen-bond donors (Lipinski definition) is 0. The van der Waals surface area contributed by atoms with E-state index in [0.29, 0.717) is 0 Å². The summed E-state index contributed by atoms with van der Waals surface area (Å²) in [6, 6.07) is 4.36. The molecule has 0 fully saturated rings. The summed E-state index contributed by atoms with van der Waals surface area (Å²) in [7, 11) is 0. The van der Waals surface area contributed by atoms with E-state index in [0.717, 1.165) is 0 Å². The Labute approximate surface area is 105 Å². The molecule has 0 aliphatic heterocycles. The molecular formula is C15H26FN. The number of aromatic nitrogens is 1. The summed E-state index contributed by atoms with van der Waals surface area (Å²) in [6.45, 7) is 5.58. The molecule has 2 heteroatoms. The first-order chi connectivity index (χ1) is 7.83. The van der Waals surface area contributed by atoms with Crippen LogP contribution in [0.25, 0.3) is 0 Å². The van der Waals surface area contributed by atoms with Crippen molar-refractivity contribution in [2.24, 2.45) is 0 Å². The first kappa shape index (κ1) is 16.1. The highest BCUT2D eigenvalue weighted by molar-refractivity contribution is 5.03. The smallest absolute Gasteiger partial charge is 0.169 e. The van der Waals surface area contributed by atoms with Crippen LogP contribution in [0.5, 0.6) is 0 Å². The molecule has 0 amide bonds. The molecule has 1 aromatic heterocycles. The Bertz CT molecular complexity index is 269. The van der Waals surface area contributed by atoms with Crippen LogP contribution in [0.15, 0.2) is 24.5 Å². The lowest BCUT2D eigenvalue weighted by Crippen LogP contribution is -3.00. The van der Waals surface area contributed by atoms with Gasteiger partial charge in [0, 0.05) is 18.6 Å². The molecule has 0 bridgehead atoms. The van der Waals surface area contributed by atoms with Gasteiger partial charge in [-0.05, 0) is 18.9 Å². The maximum absolute atomic E-state index is 2.29. The van der Waals surface area contributed by atoms with Crippen molar-refractivity contribution in [1.29, 1.82) is 0 Å². The van der Waals surface area contributed by atoms with Gasteiger partial charge in [-0.2, -0.15) is 0 Å². The SMILES string of the molecule is CCCCCCCCC[n+]1ccc(C)cc1.[F-]. The van der Waals surface area contributed by atoms with Gasteiger partial charge in [0.15, 0.2) is 12.4 Å². The van der Waals surface area contributed by atoms with Crippen LogP contribution >= 0.6 is 0 Å². The summed E-state index contributed by atoms with van der Waals surface area (Å²) in [4.78, 5) is 0. The molecule has 17 heavy (non-hydrogen) atoms. The predicted octanol–water partition coefficient (Wildman–Crippen LogP) is 1.04. The molecule has 0 unspecified atom stereocenters. The van der Waals surface area contributed by atoms with Crippen LogP contribution in [0.2, 0.25) is 0 Å². The minimum atomic E-state index is 0. The van der Waals surface area contributed by atoms with Crippen molar-refractivity contribution in [2.75, 3.05) is 0 Å². The minimum absolute atomic E-state index is 0. The van der Waals surface area contributed by atoms with Gasteiger partial charge in [0.05, 0.1) is 0 Å². The van der Waals surface area contributed by atoms with Gasteiger partial charge in [-0.3, -0.25) is 0 Å². The highest BCUT2D eigenvalue weighted by Crippen LogP contribution is 2.06. The largest absolute Gasteiger partial charge is 1.00 e. The summed E-state index contributed by atoms with van der Waals surface area (Å²) in [5, 5.41) is 0. The topological polar surface area (TPSA) is 3.88 Å². The molecular weight excluding hydrogens is 213 g/mol. The van der Waals surface area contributed by atoms with E-state index in [9.17, 15) is 0 Å². The standard InChI is InChI=1S/C15H26N.FH/c1-3-4-5-6-7-8-9-12-16-13-10-15(2)11-14-16;/h10-11,13-14H,3-9,12H2,1-2H3;1H/q+1;/p-1. The van der Waals surface area contributed by atoms with E-state index >= 15 is 0 Å². The molecule has 0 saturated carbocycles. The number of unbranched alkanes of at least 4 members (excludes halogenated alkanes) is 6. The molecule has 1 aromatic rings. The second-order valence-electron chi connectivity index (χ2n) is 4.73. The number of aryl methyl sites for hydroxylation is 2. The number of rotatable bonds is 8. The van der Waals surface area contributed by atoms with Crippen LogP contribution in [0, 0.1) is 6.92 Å². The van der Waals surface area contributed by atoms with Crippen LogP contribution in [0.3, 0.4) is 0 Å². The van der Waals surface area contributed by atoms with Crippen molar-refractivity contribution in [3.05, 3.63) is 30.1 Å². The van der Waals surface area contributed by atoms with E-state index in [2.05, 4.69) is 42.9 Å². The maximum Gasteiger partial charge on any atom is 0.169 e. The fourth-order valence-corrected chi connectivity index (χ4v) is 1.93. The van der Waals surface area contributed by atoms with Crippen LogP contribution in [-0.4, -0.2) is 0 Å². The van der Waals surface area contributed by atoms with Gasteiger partial charge >= 0.3 is 0 Å². The molecule has 0 atom stereocenters. The first-order valence-electron chi connectivity index (χ1n) is 6.78. The summed E-state index contributed by atoms with van der Waals surface area (Å²) < 4.78 is 2.29. The van der Waals surface area contributed by atoms with Crippen molar-refractivity contribution in [2.45, 2.75) is 65.3 Å². The molecule has 0 spiro atoms. The van der Waals surface area contributed by atoms with Crippen molar-refractivity contribution < 1.29 is 9.27 Å². The van der Waals surface area contributed by atoms with E-state index in [1.54, 1.807) is 0 Å². The van der Waals surface area contributed by atoms with Gasteiger partial charge < -0.3 is 4.70 Å². The number of hydrogen-bond acceptors (Lipinski definition) is 0. The van der Waals surface area contributed by atoms with Gasteiger partial charge in [-0.25, -0.2) is 4.57 Å². The Morgan fingerprint density at radius 3 is 2.00 bits per heavy atom. The lowest BCUT2D eigenvalue weighted by molar-refractivity contribution is -0.697. The quantitative estimate of drug-likeness (QED) is 0.471. The average Bonchev–Trinajstić information content (AvgIpc) is 2.30. The summed E-state index contributed by atoms with van der Waals surface area (Å²) >= 11 is 0. The normalized spacial score (nSPS) is 10.0. The molecule has 0 aliphatic carbocycles. The highest BCUT2D eigenvalue weighted by Gasteiger charge is 1.98. The molecule has 0 aromatic carbocycles. The molecule has 0 aliphatic rings. The molecule has 0 N–H and O–H groups in total. The van der Waals surface area contributed by atoms with Crippen molar-refractivity contribution in [1.82, 2.24) is 0 Å². The molecule has 0 radical (unpaired) electrons. The van der Waals surface area contributed by atoms with E-state index in [1.807, 2.05) is 0 Å². The first-order valence-corrected chi connectivity index (χ1v) is 6.78. The number of pyridine rings is 1. The lowest BCUT2D eigenvalue weighted by atomic mass is 10.1. The fraction of sp³-hybridized carbons (Fsp3) is 0.667. The van der Waals surface area contributed by atoms with Gasteiger partial charge in [0.1, 0.15) is 6.54 Å². The Balaban J connectivity index is 0.00000256. The predicted molar refractivity (Wildman–Crippen MR) is 69.4 cm³/mol. The zero-order valence-electron chi connectivity index (χ0n) is 11.3. The highest BCUT2D eigenvalue weighted by atomic mass is 19.0. The molecule has 1 heterocycles. The second-order valence-corrected chi connectivity index (χ2v) is 4.73. The van der Waals surface area contributed by atoms with Crippen molar-refractivity contribution in [3.63, 3.8) is 0 Å². The second kappa shape index (κ2) is 10.2. The third kappa shape index (κ3) is 7.89. The zero-order valence-corrected chi connectivity index (χ0v) is 11.3. The van der Waals surface area contributed by atoms with Crippen LogP contribution in [0.1, 0.15) is 57.4 Å². The third-order valence-electron chi connectivity index (χ3n) is 3.08. The Morgan fingerprint density at radius 2 is 1.41 bits per heavy atom. The van der Waals surface area contributed by atoms with Gasteiger partial charge in [0.2, 0.25) is 0 Å². The maximum atomic E-state index is 2.29.